The number of benzene rings is 1. The van der Waals surface area contributed by atoms with Gasteiger partial charge in [0.25, 0.3) is 0 Å². The van der Waals surface area contributed by atoms with Crippen molar-refractivity contribution < 1.29 is 39.0 Å². The summed E-state index contributed by atoms with van der Waals surface area (Å²) in [6, 6.07) is 0.611. The van der Waals surface area contributed by atoms with Crippen LogP contribution >= 0.6 is 12.6 Å². The molecule has 0 bridgehead atoms. The summed E-state index contributed by atoms with van der Waals surface area (Å²) in [5, 5.41) is 26.0. The third-order valence-electron chi connectivity index (χ3n) is 5.16. The Balaban J connectivity index is 3.03. The van der Waals surface area contributed by atoms with Crippen LogP contribution in [0.2, 0.25) is 0 Å². The molecule has 0 aromatic heterocycles. The van der Waals surface area contributed by atoms with Gasteiger partial charge in [-0.1, -0.05) is 12.1 Å². The minimum absolute atomic E-state index is 0.0308. The molecule has 0 aliphatic carbocycles. The molecule has 0 fully saturated rings. The van der Waals surface area contributed by atoms with E-state index in [1.54, 1.807) is 0 Å². The lowest BCUT2D eigenvalue weighted by atomic mass is 10.0. The lowest BCUT2D eigenvalue weighted by Crippen LogP contribution is -2.58. The fourth-order valence-electron chi connectivity index (χ4n) is 3.07. The van der Waals surface area contributed by atoms with Crippen molar-refractivity contribution in [3.05, 3.63) is 29.8 Å². The van der Waals surface area contributed by atoms with E-state index in [2.05, 4.69) is 28.6 Å². The largest absolute Gasteiger partial charge is 0.508 e. The average Bonchev–Trinajstić information content (AvgIpc) is 2.83. The van der Waals surface area contributed by atoms with Gasteiger partial charge in [-0.15, -0.1) is 0 Å². The number of phenols is 1. The number of hydrogen-bond donors (Lipinski definition) is 9. The highest BCUT2D eigenvalue weighted by Crippen LogP contribution is 2.12. The Morgan fingerprint density at radius 3 is 1.78 bits per heavy atom. The standard InChI is InChI=1S/C22H32N6O8S/c23-13(5-7-17(24)30)19(32)28-16(10-37)21(34)27-15(9-11-1-3-12(29)4-2-11)20(33)26-14(22(35)36)6-8-18(25)31/h1-4,13-16,29,37H,5-10,23H2,(H2,24,30)(H2,25,31)(H,26,33)(H,27,34)(H,28,32)(H,35,36). The first-order chi connectivity index (χ1) is 17.3. The van der Waals surface area contributed by atoms with E-state index < -0.39 is 59.7 Å². The van der Waals surface area contributed by atoms with E-state index in [1.807, 2.05) is 0 Å². The molecule has 4 atom stereocenters. The first-order valence-electron chi connectivity index (χ1n) is 11.2. The molecule has 15 heteroatoms. The summed E-state index contributed by atoms with van der Waals surface area (Å²) >= 11 is 4.06. The molecule has 1 rings (SSSR count). The highest BCUT2D eigenvalue weighted by Gasteiger charge is 2.30. The number of nitrogens with two attached hydrogens (primary N) is 3. The maximum atomic E-state index is 13.0. The Labute approximate surface area is 218 Å². The summed E-state index contributed by atoms with van der Waals surface area (Å²) in [4.78, 5) is 71.7. The topological polar surface area (TPSA) is 257 Å². The summed E-state index contributed by atoms with van der Waals surface area (Å²) in [5.74, 6) is -5.45. The summed E-state index contributed by atoms with van der Waals surface area (Å²) in [6.07, 6.45) is -0.853. The number of nitrogens with one attached hydrogen (secondary N) is 3. The zero-order valence-corrected chi connectivity index (χ0v) is 20.8. The van der Waals surface area contributed by atoms with Gasteiger partial charge in [0.2, 0.25) is 29.5 Å². The monoisotopic (exact) mass is 540 g/mol. The predicted octanol–water partition coefficient (Wildman–Crippen LogP) is -2.74. The third-order valence-corrected chi connectivity index (χ3v) is 5.52. The number of primary amides is 2. The number of phenolic OH excluding ortho intramolecular Hbond substituents is 1. The van der Waals surface area contributed by atoms with Gasteiger partial charge >= 0.3 is 5.97 Å². The Bertz CT molecular complexity index is 990. The summed E-state index contributed by atoms with van der Waals surface area (Å²) in [5.41, 5.74) is 16.3. The molecule has 0 aliphatic rings. The summed E-state index contributed by atoms with van der Waals surface area (Å²) in [6.45, 7) is 0. The quantitative estimate of drug-likeness (QED) is 0.0984. The molecule has 0 saturated carbocycles. The van der Waals surface area contributed by atoms with Crippen LogP contribution in [0, 0.1) is 0 Å². The van der Waals surface area contributed by atoms with E-state index >= 15 is 0 Å². The van der Waals surface area contributed by atoms with Crippen molar-refractivity contribution in [2.45, 2.75) is 56.3 Å². The van der Waals surface area contributed by atoms with Crippen LogP contribution in [0.25, 0.3) is 0 Å². The molecule has 4 unspecified atom stereocenters. The summed E-state index contributed by atoms with van der Waals surface area (Å²) < 4.78 is 0. The number of carbonyl (C=O) groups is 6. The molecule has 0 heterocycles. The number of thiol groups is 1. The van der Waals surface area contributed by atoms with E-state index in [4.69, 9.17) is 17.2 Å². The highest BCUT2D eigenvalue weighted by atomic mass is 32.1. The van der Waals surface area contributed by atoms with E-state index in [0.717, 1.165) is 0 Å². The Hall–Kier alpha value is -3.85. The number of aliphatic carboxylic acids is 1. The van der Waals surface area contributed by atoms with E-state index in [0.29, 0.717) is 5.56 Å². The minimum Gasteiger partial charge on any atom is -0.508 e. The maximum absolute atomic E-state index is 13.0. The molecule has 0 spiro atoms. The van der Waals surface area contributed by atoms with Crippen LogP contribution < -0.4 is 33.2 Å². The Morgan fingerprint density at radius 2 is 1.27 bits per heavy atom. The SMILES string of the molecule is NC(=O)CCC(N)C(=O)NC(CS)C(=O)NC(Cc1ccc(O)cc1)C(=O)NC(CCC(N)=O)C(=O)O. The first kappa shape index (κ1) is 31.2. The van der Waals surface area contributed by atoms with Gasteiger partial charge in [0.15, 0.2) is 0 Å². The van der Waals surface area contributed by atoms with Gasteiger partial charge in [-0.3, -0.25) is 24.0 Å². The van der Waals surface area contributed by atoms with Crippen molar-refractivity contribution >= 4 is 48.1 Å². The number of carboxylic acid groups (broad SMARTS) is 1. The maximum Gasteiger partial charge on any atom is 0.326 e. The van der Waals surface area contributed by atoms with Crippen molar-refractivity contribution in [3.63, 3.8) is 0 Å². The van der Waals surface area contributed by atoms with Crippen molar-refractivity contribution in [1.82, 2.24) is 16.0 Å². The van der Waals surface area contributed by atoms with Gasteiger partial charge in [-0.05, 0) is 30.5 Å². The number of amides is 5. The van der Waals surface area contributed by atoms with Crippen molar-refractivity contribution in [1.29, 1.82) is 0 Å². The number of hydrogen-bond acceptors (Lipinski definition) is 9. The Morgan fingerprint density at radius 1 is 0.784 bits per heavy atom. The first-order valence-corrected chi connectivity index (χ1v) is 11.8. The van der Waals surface area contributed by atoms with Crippen LogP contribution in [-0.2, 0) is 35.2 Å². The molecule has 5 amide bonds. The van der Waals surface area contributed by atoms with Crippen LogP contribution in [0.3, 0.4) is 0 Å². The average molecular weight is 541 g/mol. The molecule has 37 heavy (non-hydrogen) atoms. The van der Waals surface area contributed by atoms with Crippen molar-refractivity contribution in [2.75, 3.05) is 5.75 Å². The normalized spacial score (nSPS) is 13.9. The van der Waals surface area contributed by atoms with Crippen LogP contribution in [0.4, 0.5) is 0 Å². The van der Waals surface area contributed by atoms with Gasteiger partial charge < -0.3 is 43.4 Å². The van der Waals surface area contributed by atoms with E-state index in [1.165, 1.54) is 24.3 Å². The molecule has 0 radical (unpaired) electrons. The number of carboxylic acids is 1. The predicted molar refractivity (Wildman–Crippen MR) is 134 cm³/mol. The second-order valence-electron chi connectivity index (χ2n) is 8.19. The van der Waals surface area contributed by atoms with Crippen LogP contribution in [-0.4, -0.2) is 75.6 Å². The smallest absolute Gasteiger partial charge is 0.326 e. The van der Waals surface area contributed by atoms with E-state index in [-0.39, 0.29) is 43.6 Å². The molecular weight excluding hydrogens is 508 g/mol. The minimum atomic E-state index is -1.46. The highest BCUT2D eigenvalue weighted by molar-refractivity contribution is 7.80. The fraction of sp³-hybridized carbons (Fsp3) is 0.455. The van der Waals surface area contributed by atoms with Gasteiger partial charge in [-0.2, -0.15) is 12.6 Å². The molecule has 1 aromatic carbocycles. The zero-order chi connectivity index (χ0) is 28.1. The van der Waals surface area contributed by atoms with Crippen LogP contribution in [0.5, 0.6) is 5.75 Å². The molecule has 14 nitrogen and oxygen atoms in total. The zero-order valence-electron chi connectivity index (χ0n) is 19.9. The second kappa shape index (κ2) is 15.3. The van der Waals surface area contributed by atoms with Gasteiger partial charge in [0.05, 0.1) is 6.04 Å². The van der Waals surface area contributed by atoms with Crippen molar-refractivity contribution in [2.24, 2.45) is 17.2 Å². The van der Waals surface area contributed by atoms with Gasteiger partial charge in [0, 0.05) is 25.0 Å². The Kier molecular flexibility index (Phi) is 12.9. The molecule has 0 saturated heterocycles. The van der Waals surface area contributed by atoms with E-state index in [9.17, 15) is 39.0 Å². The molecule has 1 aromatic rings. The molecular formula is C22H32N6O8S. The fourth-order valence-corrected chi connectivity index (χ4v) is 3.32. The van der Waals surface area contributed by atoms with Crippen LogP contribution in [0.1, 0.15) is 31.2 Å². The number of carbonyl (C=O) groups excluding carboxylic acids is 5. The van der Waals surface area contributed by atoms with Crippen molar-refractivity contribution in [3.8, 4) is 5.75 Å². The molecule has 11 N–H and O–H groups in total. The molecule has 0 aliphatic heterocycles. The second-order valence-corrected chi connectivity index (χ2v) is 8.56. The lowest BCUT2D eigenvalue weighted by Gasteiger charge is -2.24. The third kappa shape index (κ3) is 11.6. The number of rotatable bonds is 16. The number of aromatic hydroxyl groups is 1. The lowest BCUT2D eigenvalue weighted by molar-refractivity contribution is -0.142. The van der Waals surface area contributed by atoms with Gasteiger partial charge in [0.1, 0.15) is 23.9 Å². The van der Waals surface area contributed by atoms with Crippen LogP contribution in [0.15, 0.2) is 24.3 Å². The molecule has 204 valence electrons. The summed E-state index contributed by atoms with van der Waals surface area (Å²) in [7, 11) is 0. The van der Waals surface area contributed by atoms with Gasteiger partial charge in [-0.25, -0.2) is 4.79 Å².